The van der Waals surface area contributed by atoms with Gasteiger partial charge in [0.2, 0.25) is 0 Å². The highest BCUT2D eigenvalue weighted by molar-refractivity contribution is 6.34. The fourth-order valence-corrected chi connectivity index (χ4v) is 1.64. The van der Waals surface area contributed by atoms with Crippen molar-refractivity contribution in [1.82, 2.24) is 20.1 Å². The summed E-state index contributed by atoms with van der Waals surface area (Å²) in [5, 5.41) is 8.57. The maximum absolute atomic E-state index is 12.6. The maximum atomic E-state index is 12.6. The zero-order valence-corrected chi connectivity index (χ0v) is 11.5. The summed E-state index contributed by atoms with van der Waals surface area (Å²) in [6, 6.07) is 0.847. The summed E-state index contributed by atoms with van der Waals surface area (Å²) in [5.74, 6) is 0.138. The average molecular weight is 309 g/mol. The molecule has 114 valence electrons. The van der Waals surface area contributed by atoms with Crippen molar-refractivity contribution in [3.8, 4) is 5.69 Å². The van der Waals surface area contributed by atoms with Gasteiger partial charge in [0, 0.05) is 25.0 Å². The van der Waals surface area contributed by atoms with Crippen molar-refractivity contribution >= 4 is 25.2 Å². The lowest BCUT2D eigenvalue weighted by Crippen LogP contribution is -2.29. The zero-order valence-electron chi connectivity index (χ0n) is 11.5. The van der Waals surface area contributed by atoms with Gasteiger partial charge in [0.25, 0.3) is 0 Å². The van der Waals surface area contributed by atoms with Gasteiger partial charge in [-0.2, -0.15) is 18.3 Å². The number of amides is 2. The highest BCUT2D eigenvalue weighted by Gasteiger charge is 2.32. The van der Waals surface area contributed by atoms with Crippen molar-refractivity contribution in [1.29, 1.82) is 0 Å². The minimum atomic E-state index is -4.50. The molecular formula is C12H11BF3N5O. The number of aromatic nitrogens is 3. The predicted octanol–water partition coefficient (Wildman–Crippen LogP) is 1.22. The Balaban J connectivity index is 2.30. The summed E-state index contributed by atoms with van der Waals surface area (Å²) in [5.41, 5.74) is -0.600. The fraction of sp³-hybridized carbons (Fsp3) is 0.250. The van der Waals surface area contributed by atoms with E-state index in [0.29, 0.717) is 12.7 Å². The molecule has 0 aliphatic heterocycles. The first-order valence-electron chi connectivity index (χ1n) is 6.24. The van der Waals surface area contributed by atoms with E-state index < -0.39 is 17.8 Å². The minimum Gasteiger partial charge on any atom is -0.338 e. The normalized spacial score (nSPS) is 11.3. The van der Waals surface area contributed by atoms with E-state index in [2.05, 4.69) is 20.7 Å². The number of nitrogens with zero attached hydrogens (tertiary/aromatic N) is 3. The van der Waals surface area contributed by atoms with E-state index in [1.165, 1.54) is 12.3 Å². The summed E-state index contributed by atoms with van der Waals surface area (Å²) < 4.78 is 38.7. The van der Waals surface area contributed by atoms with E-state index in [-0.39, 0.29) is 17.0 Å². The van der Waals surface area contributed by atoms with Crippen LogP contribution < -0.4 is 16.1 Å². The predicted molar refractivity (Wildman–Crippen MR) is 74.4 cm³/mol. The molecule has 0 fully saturated rings. The standard InChI is InChI=1S/C12H11BF3N5O/c1-2-17-11(22)20-10-3-9(8(13)5-18-10)21-6-7(4-19-21)12(14,15)16/h3-6H,2H2,1H3,(H2,17,18,20,22). The summed E-state index contributed by atoms with van der Waals surface area (Å²) in [4.78, 5) is 15.3. The van der Waals surface area contributed by atoms with Crippen molar-refractivity contribution in [2.45, 2.75) is 13.1 Å². The molecule has 2 aromatic heterocycles. The van der Waals surface area contributed by atoms with Crippen LogP contribution in [0.1, 0.15) is 12.5 Å². The Bertz CT molecular complexity index is 686. The van der Waals surface area contributed by atoms with Crippen LogP contribution in [0.5, 0.6) is 0 Å². The molecule has 2 rings (SSSR count). The van der Waals surface area contributed by atoms with E-state index in [9.17, 15) is 18.0 Å². The quantitative estimate of drug-likeness (QED) is 0.838. The molecule has 6 nitrogen and oxygen atoms in total. The number of nitrogens with one attached hydrogen (secondary N) is 2. The number of hydrogen-bond acceptors (Lipinski definition) is 3. The molecule has 0 aliphatic rings. The van der Waals surface area contributed by atoms with Crippen LogP contribution in [0.15, 0.2) is 24.7 Å². The third kappa shape index (κ3) is 3.57. The molecule has 0 aliphatic carbocycles. The molecule has 2 heterocycles. The molecule has 0 atom stereocenters. The zero-order chi connectivity index (χ0) is 16.3. The Kier molecular flexibility index (Phi) is 4.39. The van der Waals surface area contributed by atoms with Crippen LogP contribution >= 0.6 is 0 Å². The second-order valence-electron chi connectivity index (χ2n) is 4.28. The van der Waals surface area contributed by atoms with Crippen LogP contribution in [0.3, 0.4) is 0 Å². The van der Waals surface area contributed by atoms with E-state index in [0.717, 1.165) is 10.9 Å². The number of hydrogen-bond donors (Lipinski definition) is 2. The van der Waals surface area contributed by atoms with Crippen molar-refractivity contribution in [3.05, 3.63) is 30.2 Å². The molecule has 2 radical (unpaired) electrons. The van der Waals surface area contributed by atoms with Gasteiger partial charge in [0.1, 0.15) is 13.7 Å². The third-order valence-electron chi connectivity index (χ3n) is 2.65. The van der Waals surface area contributed by atoms with Gasteiger partial charge >= 0.3 is 12.2 Å². The Morgan fingerprint density at radius 3 is 2.73 bits per heavy atom. The van der Waals surface area contributed by atoms with E-state index in [1.807, 2.05) is 0 Å². The van der Waals surface area contributed by atoms with E-state index >= 15 is 0 Å². The maximum Gasteiger partial charge on any atom is 0.419 e. The lowest BCUT2D eigenvalue weighted by molar-refractivity contribution is -0.137. The second kappa shape index (κ2) is 6.08. The molecule has 0 bridgehead atoms. The first-order valence-corrected chi connectivity index (χ1v) is 6.24. The Morgan fingerprint density at radius 1 is 1.41 bits per heavy atom. The van der Waals surface area contributed by atoms with E-state index in [4.69, 9.17) is 7.85 Å². The number of halogens is 3. The fourth-order valence-electron chi connectivity index (χ4n) is 1.64. The highest BCUT2D eigenvalue weighted by Crippen LogP contribution is 2.29. The van der Waals surface area contributed by atoms with Gasteiger partial charge in [-0.3, -0.25) is 5.32 Å². The third-order valence-corrected chi connectivity index (χ3v) is 2.65. The van der Waals surface area contributed by atoms with Crippen LogP contribution in [0.2, 0.25) is 0 Å². The number of alkyl halides is 3. The lowest BCUT2D eigenvalue weighted by atomic mass is 9.96. The molecule has 22 heavy (non-hydrogen) atoms. The molecular weight excluding hydrogens is 298 g/mol. The molecule has 0 unspecified atom stereocenters. The molecule has 10 heteroatoms. The van der Waals surface area contributed by atoms with Gasteiger partial charge < -0.3 is 5.32 Å². The minimum absolute atomic E-state index is 0.123. The van der Waals surface area contributed by atoms with Gasteiger partial charge in [0.15, 0.2) is 0 Å². The Morgan fingerprint density at radius 2 is 2.14 bits per heavy atom. The first kappa shape index (κ1) is 15.9. The van der Waals surface area contributed by atoms with Crippen molar-refractivity contribution in [3.63, 3.8) is 0 Å². The topological polar surface area (TPSA) is 71.8 Å². The first-order chi connectivity index (χ1) is 10.3. The van der Waals surface area contributed by atoms with E-state index in [1.54, 1.807) is 6.92 Å². The van der Waals surface area contributed by atoms with Gasteiger partial charge in [-0.15, -0.1) is 0 Å². The average Bonchev–Trinajstić information content (AvgIpc) is 2.90. The van der Waals surface area contributed by atoms with Crippen LogP contribution in [-0.2, 0) is 6.18 Å². The number of carbonyl (C=O) groups is 1. The molecule has 0 spiro atoms. The highest BCUT2D eigenvalue weighted by atomic mass is 19.4. The lowest BCUT2D eigenvalue weighted by Gasteiger charge is -2.10. The van der Waals surface area contributed by atoms with Crippen LogP contribution in [0.25, 0.3) is 5.69 Å². The summed E-state index contributed by atoms with van der Waals surface area (Å²) >= 11 is 0. The number of pyridine rings is 1. The largest absolute Gasteiger partial charge is 0.419 e. The Labute approximate surface area is 125 Å². The van der Waals surface area contributed by atoms with Gasteiger partial charge in [-0.05, 0) is 6.92 Å². The van der Waals surface area contributed by atoms with Crippen LogP contribution in [0.4, 0.5) is 23.8 Å². The van der Waals surface area contributed by atoms with Gasteiger partial charge in [-0.1, -0.05) is 5.46 Å². The molecule has 0 saturated carbocycles. The summed E-state index contributed by atoms with van der Waals surface area (Å²) in [7, 11) is 5.70. The molecule has 2 amide bonds. The molecule has 0 aromatic carbocycles. The summed E-state index contributed by atoms with van der Waals surface area (Å²) in [6.45, 7) is 2.16. The van der Waals surface area contributed by atoms with Crippen molar-refractivity contribution in [2.24, 2.45) is 0 Å². The molecule has 2 N–H and O–H groups in total. The second-order valence-corrected chi connectivity index (χ2v) is 4.28. The summed E-state index contributed by atoms with van der Waals surface area (Å²) in [6.07, 6.45) is -1.77. The van der Waals surface area contributed by atoms with Gasteiger partial charge in [0.05, 0.1) is 17.4 Å². The van der Waals surface area contributed by atoms with Crippen molar-refractivity contribution < 1.29 is 18.0 Å². The monoisotopic (exact) mass is 309 g/mol. The van der Waals surface area contributed by atoms with Crippen LogP contribution in [0, 0.1) is 0 Å². The number of carbonyl (C=O) groups excluding carboxylic acids is 1. The smallest absolute Gasteiger partial charge is 0.338 e. The van der Waals surface area contributed by atoms with Crippen LogP contribution in [-0.4, -0.2) is 35.2 Å². The van der Waals surface area contributed by atoms with Gasteiger partial charge in [-0.25, -0.2) is 14.5 Å². The number of anilines is 1. The molecule has 2 aromatic rings. The van der Waals surface area contributed by atoms with Crippen molar-refractivity contribution in [2.75, 3.05) is 11.9 Å². The Hall–Kier alpha value is -2.52. The number of rotatable bonds is 3. The number of urea groups is 1. The SMILES string of the molecule is [B]c1cnc(NC(=O)NCC)cc1-n1cc(C(F)(F)F)cn1. The molecule has 0 saturated heterocycles.